The van der Waals surface area contributed by atoms with Gasteiger partial charge in [-0.15, -0.1) is 10.2 Å². The zero-order valence-electron chi connectivity index (χ0n) is 8.47. The van der Waals surface area contributed by atoms with Crippen LogP contribution >= 0.6 is 11.8 Å². The van der Waals surface area contributed by atoms with Crippen molar-refractivity contribution in [3.8, 4) is 11.7 Å². The van der Waals surface area contributed by atoms with E-state index in [1.807, 2.05) is 0 Å². The number of nitrogens with one attached hydrogen (secondary N) is 1. The Hall–Kier alpha value is -1.76. The van der Waals surface area contributed by atoms with E-state index in [1.165, 1.54) is 18.0 Å². The molecular formula is C9H9N3O3S. The molecule has 2 heterocycles. The van der Waals surface area contributed by atoms with Gasteiger partial charge in [0.15, 0.2) is 5.76 Å². The van der Waals surface area contributed by atoms with Crippen LogP contribution in [0.5, 0.6) is 0 Å². The van der Waals surface area contributed by atoms with E-state index in [0.29, 0.717) is 16.9 Å². The van der Waals surface area contributed by atoms with Crippen LogP contribution in [0.3, 0.4) is 0 Å². The van der Waals surface area contributed by atoms with Crippen LogP contribution in [0.2, 0.25) is 0 Å². The zero-order valence-corrected chi connectivity index (χ0v) is 9.28. The normalized spacial score (nSPS) is 10.3. The van der Waals surface area contributed by atoms with Gasteiger partial charge < -0.3 is 14.2 Å². The lowest BCUT2D eigenvalue weighted by Gasteiger charge is -1.94. The molecule has 0 unspecified atom stereocenters. The van der Waals surface area contributed by atoms with Crippen molar-refractivity contribution in [3.63, 3.8) is 0 Å². The minimum absolute atomic E-state index is 0.0947. The first kappa shape index (κ1) is 10.7. The Morgan fingerprint density at radius 3 is 3.12 bits per heavy atom. The summed E-state index contributed by atoms with van der Waals surface area (Å²) in [4.78, 5) is 11.0. The standard InChI is InChI=1S/C9H9N3O3S/c1-10-7(13)5-16-9-12-11-8(15-9)6-3-2-4-14-6/h2-4H,5H2,1H3,(H,10,13). The summed E-state index contributed by atoms with van der Waals surface area (Å²) in [6.07, 6.45) is 1.52. The van der Waals surface area contributed by atoms with Crippen LogP contribution in [-0.2, 0) is 4.79 Å². The Kier molecular flexibility index (Phi) is 3.25. The number of nitrogens with zero attached hydrogens (tertiary/aromatic N) is 2. The van der Waals surface area contributed by atoms with E-state index in [1.54, 1.807) is 19.2 Å². The van der Waals surface area contributed by atoms with Crippen LogP contribution in [0.4, 0.5) is 0 Å². The number of rotatable bonds is 4. The summed E-state index contributed by atoms with van der Waals surface area (Å²) in [5.41, 5.74) is 0. The molecule has 0 saturated carbocycles. The minimum atomic E-state index is -0.0947. The molecule has 0 fully saturated rings. The van der Waals surface area contributed by atoms with Crippen molar-refractivity contribution in [3.05, 3.63) is 18.4 Å². The van der Waals surface area contributed by atoms with Gasteiger partial charge in [-0.05, 0) is 12.1 Å². The molecule has 6 nitrogen and oxygen atoms in total. The van der Waals surface area contributed by atoms with Crippen LogP contribution in [0.25, 0.3) is 11.7 Å². The van der Waals surface area contributed by atoms with Crippen molar-refractivity contribution in [2.45, 2.75) is 5.22 Å². The van der Waals surface area contributed by atoms with Gasteiger partial charge in [-0.2, -0.15) is 0 Å². The molecule has 84 valence electrons. The second-order valence-electron chi connectivity index (χ2n) is 2.81. The number of hydrogen-bond acceptors (Lipinski definition) is 6. The Bertz CT molecular complexity index is 466. The fourth-order valence-corrected chi connectivity index (χ4v) is 1.60. The molecule has 2 aromatic heterocycles. The van der Waals surface area contributed by atoms with E-state index in [9.17, 15) is 4.79 Å². The molecule has 0 aliphatic carbocycles. The second-order valence-corrected chi connectivity index (χ2v) is 3.74. The summed E-state index contributed by atoms with van der Waals surface area (Å²) in [7, 11) is 1.57. The lowest BCUT2D eigenvalue weighted by molar-refractivity contribution is -0.118. The summed E-state index contributed by atoms with van der Waals surface area (Å²) in [6, 6.07) is 3.46. The highest BCUT2D eigenvalue weighted by Crippen LogP contribution is 2.22. The largest absolute Gasteiger partial charge is 0.459 e. The van der Waals surface area contributed by atoms with Gasteiger partial charge in [0.2, 0.25) is 5.91 Å². The summed E-state index contributed by atoms with van der Waals surface area (Å²) in [5, 5.41) is 10.4. The van der Waals surface area contributed by atoms with E-state index in [0.717, 1.165) is 0 Å². The van der Waals surface area contributed by atoms with Crippen LogP contribution in [0, 0.1) is 0 Å². The van der Waals surface area contributed by atoms with Gasteiger partial charge in [0.1, 0.15) is 0 Å². The molecule has 0 aliphatic heterocycles. The molecule has 0 aliphatic rings. The van der Waals surface area contributed by atoms with Crippen molar-refractivity contribution in [2.75, 3.05) is 12.8 Å². The van der Waals surface area contributed by atoms with Crippen molar-refractivity contribution in [1.82, 2.24) is 15.5 Å². The Balaban J connectivity index is 2.00. The first-order chi connectivity index (χ1) is 7.79. The fraction of sp³-hybridized carbons (Fsp3) is 0.222. The minimum Gasteiger partial charge on any atom is -0.459 e. The van der Waals surface area contributed by atoms with E-state index < -0.39 is 0 Å². The van der Waals surface area contributed by atoms with Gasteiger partial charge in [-0.25, -0.2) is 0 Å². The molecule has 2 aromatic rings. The zero-order chi connectivity index (χ0) is 11.4. The summed E-state index contributed by atoms with van der Waals surface area (Å²) < 4.78 is 10.4. The van der Waals surface area contributed by atoms with Crippen LogP contribution in [0.15, 0.2) is 32.5 Å². The average Bonchev–Trinajstić information content (AvgIpc) is 2.95. The van der Waals surface area contributed by atoms with Crippen molar-refractivity contribution in [2.24, 2.45) is 0 Å². The summed E-state index contributed by atoms with van der Waals surface area (Å²) in [5.74, 6) is 0.975. The van der Waals surface area contributed by atoms with Gasteiger partial charge in [-0.1, -0.05) is 11.8 Å². The van der Waals surface area contributed by atoms with E-state index in [-0.39, 0.29) is 11.7 Å². The van der Waals surface area contributed by atoms with Crippen LogP contribution < -0.4 is 5.32 Å². The monoisotopic (exact) mass is 239 g/mol. The molecule has 1 N–H and O–H groups in total. The third-order valence-electron chi connectivity index (χ3n) is 1.74. The highest BCUT2D eigenvalue weighted by Gasteiger charge is 2.11. The number of carbonyl (C=O) groups excluding carboxylic acids is 1. The van der Waals surface area contributed by atoms with Crippen LogP contribution in [0.1, 0.15) is 0 Å². The quantitative estimate of drug-likeness (QED) is 0.806. The smallest absolute Gasteiger partial charge is 0.284 e. The van der Waals surface area contributed by atoms with Crippen molar-refractivity contribution in [1.29, 1.82) is 0 Å². The highest BCUT2D eigenvalue weighted by molar-refractivity contribution is 7.99. The van der Waals surface area contributed by atoms with E-state index in [4.69, 9.17) is 8.83 Å². The van der Waals surface area contributed by atoms with Gasteiger partial charge in [0.25, 0.3) is 11.1 Å². The second kappa shape index (κ2) is 4.84. The van der Waals surface area contributed by atoms with Gasteiger partial charge in [0, 0.05) is 7.05 Å². The van der Waals surface area contributed by atoms with Crippen LogP contribution in [-0.4, -0.2) is 28.9 Å². The SMILES string of the molecule is CNC(=O)CSc1nnc(-c2ccco2)o1. The number of amides is 1. The molecule has 16 heavy (non-hydrogen) atoms. The lowest BCUT2D eigenvalue weighted by atomic mass is 10.5. The number of thioether (sulfide) groups is 1. The van der Waals surface area contributed by atoms with Gasteiger partial charge in [-0.3, -0.25) is 4.79 Å². The maximum Gasteiger partial charge on any atom is 0.284 e. The maximum atomic E-state index is 11.0. The Morgan fingerprint density at radius 2 is 2.44 bits per heavy atom. The number of aromatic nitrogens is 2. The number of hydrogen-bond donors (Lipinski definition) is 1. The first-order valence-electron chi connectivity index (χ1n) is 4.50. The molecule has 7 heteroatoms. The molecule has 0 spiro atoms. The lowest BCUT2D eigenvalue weighted by Crippen LogP contribution is -2.19. The number of furan rings is 1. The predicted octanol–water partition coefficient (Wildman–Crippen LogP) is 1.17. The van der Waals surface area contributed by atoms with E-state index >= 15 is 0 Å². The Labute approximate surface area is 95.4 Å². The topological polar surface area (TPSA) is 81.2 Å². The van der Waals surface area contributed by atoms with Gasteiger partial charge >= 0.3 is 0 Å². The van der Waals surface area contributed by atoms with Gasteiger partial charge in [0.05, 0.1) is 12.0 Å². The fourth-order valence-electron chi connectivity index (χ4n) is 0.967. The first-order valence-corrected chi connectivity index (χ1v) is 5.49. The van der Waals surface area contributed by atoms with Crippen molar-refractivity contribution < 1.29 is 13.6 Å². The molecule has 1 amide bonds. The molecule has 0 saturated heterocycles. The summed E-state index contributed by atoms with van der Waals surface area (Å²) in [6.45, 7) is 0. The Morgan fingerprint density at radius 1 is 1.56 bits per heavy atom. The number of carbonyl (C=O) groups is 1. The molecule has 0 bridgehead atoms. The van der Waals surface area contributed by atoms with Crippen molar-refractivity contribution >= 4 is 17.7 Å². The molecule has 0 atom stereocenters. The summed E-state index contributed by atoms with van der Waals surface area (Å²) >= 11 is 1.18. The maximum absolute atomic E-state index is 11.0. The molecule has 0 aromatic carbocycles. The predicted molar refractivity (Wildman–Crippen MR) is 56.8 cm³/mol. The third kappa shape index (κ3) is 2.43. The molecule has 0 radical (unpaired) electrons. The average molecular weight is 239 g/mol. The molecular weight excluding hydrogens is 230 g/mol. The van der Waals surface area contributed by atoms with E-state index in [2.05, 4.69) is 15.5 Å². The molecule has 2 rings (SSSR count). The highest BCUT2D eigenvalue weighted by atomic mass is 32.2. The third-order valence-corrected chi connectivity index (χ3v) is 2.56.